The first-order valence-electron chi connectivity index (χ1n) is 8.25. The molecule has 0 aliphatic carbocycles. The Labute approximate surface area is 136 Å². The van der Waals surface area contributed by atoms with Crippen molar-refractivity contribution >= 4 is 14.8 Å². The molecule has 0 heterocycles. The summed E-state index contributed by atoms with van der Waals surface area (Å²) in [7, 11) is -3.07. The van der Waals surface area contributed by atoms with Crippen LogP contribution in [0, 0.1) is 0 Å². The van der Waals surface area contributed by atoms with E-state index in [0.717, 1.165) is 19.3 Å². The van der Waals surface area contributed by atoms with Gasteiger partial charge in [0, 0.05) is 25.4 Å². The van der Waals surface area contributed by atoms with Gasteiger partial charge in [0.25, 0.3) is 0 Å². The second-order valence-corrected chi connectivity index (χ2v) is 7.79. The maximum atomic E-state index is 12.0. The average molecular weight is 333 g/mol. The lowest BCUT2D eigenvalue weighted by molar-refractivity contribution is -0.144. The second-order valence-electron chi connectivity index (χ2n) is 5.07. The first-order valence-corrected chi connectivity index (χ1v) is 10.1. The van der Waals surface area contributed by atoms with Gasteiger partial charge in [-0.05, 0) is 40.5 Å². The van der Waals surface area contributed by atoms with E-state index in [9.17, 15) is 4.79 Å². The Hall–Kier alpha value is -0.693. The number of carbonyl (C=O) groups is 1. The summed E-state index contributed by atoms with van der Waals surface area (Å²) in [5.41, 5.74) is -0.115. The number of ether oxygens (including phenoxy) is 1. The third-order valence-corrected chi connectivity index (χ3v) is 6.37. The van der Waals surface area contributed by atoms with Gasteiger partial charge in [0.2, 0.25) is 0 Å². The van der Waals surface area contributed by atoms with E-state index in [4.69, 9.17) is 18.0 Å². The van der Waals surface area contributed by atoms with E-state index in [1.54, 1.807) is 6.92 Å². The molecular formula is C16H32O5Si. The average Bonchev–Trinajstić information content (AvgIpc) is 2.46. The summed E-state index contributed by atoms with van der Waals surface area (Å²) >= 11 is 0. The molecule has 1 atom stereocenters. The quantitative estimate of drug-likeness (QED) is 0.223. The predicted octanol–water partition coefficient (Wildman–Crippen LogP) is 3.64. The zero-order valence-electron chi connectivity index (χ0n) is 14.8. The van der Waals surface area contributed by atoms with E-state index in [1.165, 1.54) is 0 Å². The Morgan fingerprint density at radius 3 is 1.86 bits per heavy atom. The Morgan fingerprint density at radius 2 is 1.50 bits per heavy atom. The summed E-state index contributed by atoms with van der Waals surface area (Å²) in [5, 5.41) is 0. The van der Waals surface area contributed by atoms with Crippen molar-refractivity contribution in [2.24, 2.45) is 0 Å². The van der Waals surface area contributed by atoms with Crippen molar-refractivity contribution in [2.75, 3.05) is 19.8 Å². The van der Waals surface area contributed by atoms with Crippen molar-refractivity contribution in [1.29, 1.82) is 0 Å². The summed E-state index contributed by atoms with van der Waals surface area (Å²) in [6, 6.07) is 0. The molecule has 22 heavy (non-hydrogen) atoms. The number of hydrogen-bond donors (Lipinski definition) is 0. The standard InChI is InChI=1S/C16H32O5Si/c1-7-11-12-13-15(21-16(17)14(5)6)22(18-8-2,19-9-3)20-10-4/h15H,5,7-13H2,1-4,6H3. The fourth-order valence-corrected chi connectivity index (χ4v) is 4.95. The van der Waals surface area contributed by atoms with E-state index in [1.807, 2.05) is 20.8 Å². The van der Waals surface area contributed by atoms with Crippen LogP contribution in [0.15, 0.2) is 12.2 Å². The van der Waals surface area contributed by atoms with Crippen molar-refractivity contribution in [3.05, 3.63) is 12.2 Å². The first kappa shape index (κ1) is 21.3. The second kappa shape index (κ2) is 11.8. The molecular weight excluding hydrogens is 300 g/mol. The predicted molar refractivity (Wildman–Crippen MR) is 89.5 cm³/mol. The van der Waals surface area contributed by atoms with Crippen LogP contribution in [0.5, 0.6) is 0 Å². The third-order valence-electron chi connectivity index (χ3n) is 3.10. The van der Waals surface area contributed by atoms with Crippen LogP contribution < -0.4 is 0 Å². The zero-order valence-corrected chi connectivity index (χ0v) is 15.8. The van der Waals surface area contributed by atoms with Gasteiger partial charge in [-0.15, -0.1) is 0 Å². The molecule has 0 rings (SSSR count). The summed E-state index contributed by atoms with van der Waals surface area (Å²) in [6.07, 6.45) is 3.77. The van der Waals surface area contributed by atoms with Crippen LogP contribution in [-0.2, 0) is 22.8 Å². The van der Waals surface area contributed by atoms with Crippen molar-refractivity contribution < 1.29 is 22.8 Å². The largest absolute Gasteiger partial charge is 0.544 e. The number of unbranched alkanes of at least 4 members (excludes halogenated alkanes) is 2. The van der Waals surface area contributed by atoms with Crippen LogP contribution in [-0.4, -0.2) is 40.3 Å². The van der Waals surface area contributed by atoms with Gasteiger partial charge in [-0.2, -0.15) is 0 Å². The molecule has 0 amide bonds. The SMILES string of the molecule is C=C(C)C(=O)OC(CCCCC)[Si](OCC)(OCC)OCC. The molecule has 130 valence electrons. The Balaban J connectivity index is 5.28. The highest BCUT2D eigenvalue weighted by Gasteiger charge is 2.51. The lowest BCUT2D eigenvalue weighted by Crippen LogP contribution is -2.58. The molecule has 0 fully saturated rings. The van der Waals surface area contributed by atoms with Crippen LogP contribution in [0.4, 0.5) is 0 Å². The molecule has 0 aliphatic rings. The minimum Gasteiger partial charge on any atom is -0.454 e. The maximum absolute atomic E-state index is 12.0. The van der Waals surface area contributed by atoms with Crippen molar-refractivity contribution in [1.82, 2.24) is 0 Å². The number of hydrogen-bond acceptors (Lipinski definition) is 5. The van der Waals surface area contributed by atoms with Gasteiger partial charge < -0.3 is 18.0 Å². The normalized spacial score (nSPS) is 13.0. The minimum atomic E-state index is -3.07. The van der Waals surface area contributed by atoms with Crippen molar-refractivity contribution in [3.63, 3.8) is 0 Å². The molecule has 0 saturated heterocycles. The lowest BCUT2D eigenvalue weighted by Gasteiger charge is -2.34. The fourth-order valence-electron chi connectivity index (χ4n) is 2.12. The summed E-state index contributed by atoms with van der Waals surface area (Å²) < 4.78 is 23.2. The monoisotopic (exact) mass is 332 g/mol. The number of carbonyl (C=O) groups excluding carboxylic acids is 1. The topological polar surface area (TPSA) is 54.0 Å². The molecule has 0 aromatic carbocycles. The van der Waals surface area contributed by atoms with E-state index in [-0.39, 0.29) is 0 Å². The number of rotatable bonds is 13. The van der Waals surface area contributed by atoms with Crippen molar-refractivity contribution in [3.8, 4) is 0 Å². The smallest absolute Gasteiger partial charge is 0.454 e. The van der Waals surface area contributed by atoms with E-state index in [2.05, 4.69) is 13.5 Å². The van der Waals surface area contributed by atoms with Crippen LogP contribution in [0.3, 0.4) is 0 Å². The minimum absolute atomic E-state index is 0.368. The molecule has 0 aliphatic heterocycles. The highest BCUT2D eigenvalue weighted by Crippen LogP contribution is 2.24. The van der Waals surface area contributed by atoms with Gasteiger partial charge in [0.05, 0.1) is 0 Å². The lowest BCUT2D eigenvalue weighted by atomic mass is 10.2. The Bertz CT molecular complexity index is 315. The Kier molecular flexibility index (Phi) is 11.4. The fraction of sp³-hybridized carbons (Fsp3) is 0.812. The van der Waals surface area contributed by atoms with Crippen molar-refractivity contribution in [2.45, 2.75) is 66.0 Å². The molecule has 0 N–H and O–H groups in total. The van der Waals surface area contributed by atoms with E-state index in [0.29, 0.717) is 31.8 Å². The van der Waals surface area contributed by atoms with Gasteiger partial charge in [-0.25, -0.2) is 4.79 Å². The summed E-state index contributed by atoms with van der Waals surface area (Å²) in [5.74, 6) is -0.419. The maximum Gasteiger partial charge on any atom is 0.544 e. The molecule has 0 saturated carbocycles. The highest BCUT2D eigenvalue weighted by molar-refractivity contribution is 6.62. The van der Waals surface area contributed by atoms with Crippen LogP contribution in [0.2, 0.25) is 0 Å². The molecule has 5 nitrogen and oxygen atoms in total. The molecule has 6 heteroatoms. The summed E-state index contributed by atoms with van der Waals surface area (Å²) in [4.78, 5) is 12.0. The zero-order chi connectivity index (χ0) is 17.0. The third kappa shape index (κ3) is 7.04. The first-order chi connectivity index (χ1) is 10.5. The van der Waals surface area contributed by atoms with Crippen LogP contribution >= 0.6 is 0 Å². The highest BCUT2D eigenvalue weighted by atomic mass is 28.4. The van der Waals surface area contributed by atoms with Gasteiger partial charge in [0.1, 0.15) is 0 Å². The molecule has 1 unspecified atom stereocenters. The van der Waals surface area contributed by atoms with Crippen LogP contribution in [0.1, 0.15) is 60.3 Å². The van der Waals surface area contributed by atoms with E-state index >= 15 is 0 Å². The Morgan fingerprint density at radius 1 is 1.00 bits per heavy atom. The van der Waals surface area contributed by atoms with Crippen LogP contribution in [0.25, 0.3) is 0 Å². The van der Waals surface area contributed by atoms with Gasteiger partial charge >= 0.3 is 14.8 Å². The molecule has 0 aromatic heterocycles. The summed E-state index contributed by atoms with van der Waals surface area (Å²) in [6.45, 7) is 14.5. The van der Waals surface area contributed by atoms with E-state index < -0.39 is 20.5 Å². The molecule has 0 spiro atoms. The van der Waals surface area contributed by atoms with Gasteiger partial charge in [-0.1, -0.05) is 26.3 Å². The van der Waals surface area contributed by atoms with Gasteiger partial charge in [0.15, 0.2) is 5.73 Å². The molecule has 0 radical (unpaired) electrons. The molecule has 0 aromatic rings. The molecule has 0 bridgehead atoms. The number of esters is 1. The van der Waals surface area contributed by atoms with Gasteiger partial charge in [-0.3, -0.25) is 0 Å².